The first-order valence-electron chi connectivity index (χ1n) is 10.1. The Morgan fingerprint density at radius 1 is 0.935 bits per heavy atom. The van der Waals surface area contributed by atoms with Gasteiger partial charge in [-0.2, -0.15) is 0 Å². The fraction of sp³-hybridized carbons (Fsp3) is 0.200. The molecule has 160 valence electrons. The van der Waals surface area contributed by atoms with Crippen LogP contribution in [0.2, 0.25) is 5.02 Å². The second kappa shape index (κ2) is 11.2. The van der Waals surface area contributed by atoms with Gasteiger partial charge in [-0.3, -0.25) is 9.59 Å². The molecular formula is C25H25ClN2O3. The predicted molar refractivity (Wildman–Crippen MR) is 123 cm³/mol. The van der Waals surface area contributed by atoms with Gasteiger partial charge in [-0.1, -0.05) is 72.3 Å². The van der Waals surface area contributed by atoms with E-state index in [1.807, 2.05) is 54.6 Å². The normalized spacial score (nSPS) is 11.4. The van der Waals surface area contributed by atoms with Crippen molar-refractivity contribution >= 4 is 23.4 Å². The smallest absolute Gasteiger partial charge is 0.222 e. The molecule has 0 spiro atoms. The van der Waals surface area contributed by atoms with Gasteiger partial charge in [0.05, 0.1) is 19.0 Å². The average Bonchev–Trinajstić information content (AvgIpc) is 2.77. The number of carbonyl (C=O) groups is 2. The number of nitrogens with one attached hydrogen (secondary N) is 2. The van der Waals surface area contributed by atoms with Crippen molar-refractivity contribution in [2.24, 2.45) is 0 Å². The fourth-order valence-corrected chi connectivity index (χ4v) is 3.38. The lowest BCUT2D eigenvalue weighted by Crippen LogP contribution is -2.34. The van der Waals surface area contributed by atoms with Crippen LogP contribution in [0.15, 0.2) is 78.9 Å². The van der Waals surface area contributed by atoms with Crippen molar-refractivity contribution in [3.63, 3.8) is 0 Å². The molecule has 1 atom stereocenters. The summed E-state index contributed by atoms with van der Waals surface area (Å²) in [5.74, 6) is 0.391. The van der Waals surface area contributed by atoms with Crippen molar-refractivity contribution in [3.05, 3.63) is 89.4 Å². The Balaban J connectivity index is 1.53. The van der Waals surface area contributed by atoms with Crippen LogP contribution in [0.5, 0.6) is 5.75 Å². The van der Waals surface area contributed by atoms with E-state index >= 15 is 0 Å². The number of para-hydroxylation sites is 1. The molecule has 0 aromatic heterocycles. The summed E-state index contributed by atoms with van der Waals surface area (Å²) in [6.45, 7) is 2.12. The summed E-state index contributed by atoms with van der Waals surface area (Å²) >= 11 is 5.93. The zero-order valence-corrected chi connectivity index (χ0v) is 18.1. The summed E-state index contributed by atoms with van der Waals surface area (Å²) in [4.78, 5) is 24.0. The van der Waals surface area contributed by atoms with Crippen LogP contribution in [0, 0.1) is 0 Å². The maximum atomic E-state index is 12.4. The Labute approximate surface area is 187 Å². The molecule has 0 heterocycles. The standard InChI is InChI=1S/C25H25ClN2O3/c1-18(29)28-23(20-11-13-21(26)14-12-20)17-25(30)27-15-16-31-24-10-6-5-9-22(24)19-7-3-2-4-8-19/h2-14,23H,15-17H2,1H3,(H,27,30)(H,28,29). The van der Waals surface area contributed by atoms with Gasteiger partial charge in [0.1, 0.15) is 12.4 Å². The first-order valence-corrected chi connectivity index (χ1v) is 10.5. The van der Waals surface area contributed by atoms with Crippen LogP contribution in [0.3, 0.4) is 0 Å². The second-order valence-electron chi connectivity index (χ2n) is 7.07. The lowest BCUT2D eigenvalue weighted by atomic mass is 10.0. The molecule has 0 aliphatic carbocycles. The molecule has 0 saturated carbocycles. The van der Waals surface area contributed by atoms with Gasteiger partial charge in [-0.25, -0.2) is 0 Å². The van der Waals surface area contributed by atoms with Gasteiger partial charge in [0, 0.05) is 17.5 Å². The minimum atomic E-state index is -0.422. The van der Waals surface area contributed by atoms with Gasteiger partial charge in [0.15, 0.2) is 0 Å². The van der Waals surface area contributed by atoms with Gasteiger partial charge in [0.2, 0.25) is 11.8 Å². The zero-order valence-electron chi connectivity index (χ0n) is 17.3. The van der Waals surface area contributed by atoms with E-state index in [2.05, 4.69) is 10.6 Å². The van der Waals surface area contributed by atoms with E-state index in [0.29, 0.717) is 18.2 Å². The number of amides is 2. The largest absolute Gasteiger partial charge is 0.491 e. The van der Waals surface area contributed by atoms with Gasteiger partial charge < -0.3 is 15.4 Å². The van der Waals surface area contributed by atoms with Crippen LogP contribution in [-0.2, 0) is 9.59 Å². The highest BCUT2D eigenvalue weighted by Gasteiger charge is 2.17. The summed E-state index contributed by atoms with van der Waals surface area (Å²) in [5, 5.41) is 6.27. The van der Waals surface area contributed by atoms with Crippen LogP contribution >= 0.6 is 11.6 Å². The van der Waals surface area contributed by atoms with Gasteiger partial charge >= 0.3 is 0 Å². The van der Waals surface area contributed by atoms with Crippen molar-refractivity contribution in [2.75, 3.05) is 13.2 Å². The third kappa shape index (κ3) is 6.86. The fourth-order valence-electron chi connectivity index (χ4n) is 3.25. The Kier molecular flexibility index (Phi) is 8.07. The second-order valence-corrected chi connectivity index (χ2v) is 7.51. The highest BCUT2D eigenvalue weighted by molar-refractivity contribution is 6.30. The maximum Gasteiger partial charge on any atom is 0.222 e. The Hall–Kier alpha value is -3.31. The van der Waals surface area contributed by atoms with Gasteiger partial charge in [0.25, 0.3) is 0 Å². The first-order chi connectivity index (χ1) is 15.0. The molecule has 3 aromatic rings. The molecule has 5 nitrogen and oxygen atoms in total. The molecule has 2 amide bonds. The van der Waals surface area contributed by atoms with E-state index in [1.165, 1.54) is 6.92 Å². The quantitative estimate of drug-likeness (QED) is 0.475. The highest BCUT2D eigenvalue weighted by atomic mass is 35.5. The van der Waals surface area contributed by atoms with Crippen molar-refractivity contribution in [3.8, 4) is 16.9 Å². The number of rotatable bonds is 9. The molecular weight excluding hydrogens is 412 g/mol. The molecule has 3 rings (SSSR count). The molecule has 0 bridgehead atoms. The molecule has 3 aromatic carbocycles. The number of hydrogen-bond donors (Lipinski definition) is 2. The zero-order chi connectivity index (χ0) is 22.1. The highest BCUT2D eigenvalue weighted by Crippen LogP contribution is 2.29. The van der Waals surface area contributed by atoms with Crippen molar-refractivity contribution in [1.29, 1.82) is 0 Å². The van der Waals surface area contributed by atoms with E-state index in [4.69, 9.17) is 16.3 Å². The van der Waals surface area contributed by atoms with Crippen molar-refractivity contribution in [1.82, 2.24) is 10.6 Å². The Bertz CT molecular complexity index is 1010. The van der Waals surface area contributed by atoms with E-state index in [1.54, 1.807) is 24.3 Å². The number of hydrogen-bond acceptors (Lipinski definition) is 3. The minimum Gasteiger partial charge on any atom is -0.491 e. The first kappa shape index (κ1) is 22.4. The maximum absolute atomic E-state index is 12.4. The van der Waals surface area contributed by atoms with E-state index in [-0.39, 0.29) is 18.2 Å². The van der Waals surface area contributed by atoms with E-state index < -0.39 is 6.04 Å². The lowest BCUT2D eigenvalue weighted by molar-refractivity contribution is -0.122. The van der Waals surface area contributed by atoms with E-state index in [0.717, 1.165) is 22.4 Å². The summed E-state index contributed by atoms with van der Waals surface area (Å²) < 4.78 is 5.91. The third-order valence-electron chi connectivity index (χ3n) is 4.69. The number of halogens is 1. The molecule has 0 radical (unpaired) electrons. The van der Waals surface area contributed by atoms with Crippen LogP contribution in [0.1, 0.15) is 24.9 Å². The summed E-state index contributed by atoms with van der Waals surface area (Å²) in [5.41, 5.74) is 2.90. The Morgan fingerprint density at radius 2 is 1.61 bits per heavy atom. The van der Waals surface area contributed by atoms with Gasteiger partial charge in [-0.05, 0) is 29.3 Å². The van der Waals surface area contributed by atoms with Crippen LogP contribution in [0.4, 0.5) is 0 Å². The number of carbonyl (C=O) groups excluding carboxylic acids is 2. The Morgan fingerprint density at radius 3 is 2.32 bits per heavy atom. The van der Waals surface area contributed by atoms with E-state index in [9.17, 15) is 9.59 Å². The van der Waals surface area contributed by atoms with Crippen molar-refractivity contribution in [2.45, 2.75) is 19.4 Å². The number of ether oxygens (including phenoxy) is 1. The van der Waals surface area contributed by atoms with Crippen LogP contribution < -0.4 is 15.4 Å². The molecule has 31 heavy (non-hydrogen) atoms. The molecule has 0 aliphatic rings. The van der Waals surface area contributed by atoms with Gasteiger partial charge in [-0.15, -0.1) is 0 Å². The SMILES string of the molecule is CC(=O)NC(CC(=O)NCCOc1ccccc1-c1ccccc1)c1ccc(Cl)cc1. The summed E-state index contributed by atoms with van der Waals surface area (Å²) in [7, 11) is 0. The van der Waals surface area contributed by atoms with Crippen LogP contribution in [-0.4, -0.2) is 25.0 Å². The topological polar surface area (TPSA) is 67.4 Å². The molecule has 0 aliphatic heterocycles. The van der Waals surface area contributed by atoms with Crippen LogP contribution in [0.25, 0.3) is 11.1 Å². The molecule has 0 saturated heterocycles. The molecule has 1 unspecified atom stereocenters. The average molecular weight is 437 g/mol. The summed E-state index contributed by atoms with van der Waals surface area (Å²) in [6, 6.07) is 24.5. The minimum absolute atomic E-state index is 0.127. The van der Waals surface area contributed by atoms with Crippen molar-refractivity contribution < 1.29 is 14.3 Å². The molecule has 6 heteroatoms. The monoisotopic (exact) mass is 436 g/mol. The molecule has 2 N–H and O–H groups in total. The lowest BCUT2D eigenvalue weighted by Gasteiger charge is -2.18. The number of benzene rings is 3. The predicted octanol–water partition coefficient (Wildman–Crippen LogP) is 4.77. The molecule has 0 fully saturated rings. The third-order valence-corrected chi connectivity index (χ3v) is 4.95. The summed E-state index contributed by atoms with van der Waals surface area (Å²) in [6.07, 6.45) is 0.127.